The molecule has 0 aromatic carbocycles. The summed E-state index contributed by atoms with van der Waals surface area (Å²) >= 11 is 0. The van der Waals surface area contributed by atoms with Crippen LogP contribution in [0.25, 0.3) is 0 Å². The Morgan fingerprint density at radius 3 is 2.76 bits per heavy atom. The third kappa shape index (κ3) is 6.22. The van der Waals surface area contributed by atoms with Crippen molar-refractivity contribution in [2.45, 2.75) is 52.1 Å². The lowest BCUT2D eigenvalue weighted by Gasteiger charge is -2.25. The summed E-state index contributed by atoms with van der Waals surface area (Å²) in [7, 11) is 4.03. The fraction of sp³-hybridized carbons (Fsp3) is 0.938. The molecule has 0 aromatic heterocycles. The summed E-state index contributed by atoms with van der Waals surface area (Å²) in [6.45, 7) is 12.1. The van der Waals surface area contributed by atoms with Gasteiger partial charge in [0.15, 0.2) is 5.96 Å². The second-order valence-electron chi connectivity index (χ2n) is 6.04. The molecule has 1 aliphatic heterocycles. The minimum Gasteiger partial charge on any atom is -0.355 e. The topological polar surface area (TPSA) is 42.9 Å². The number of hydrogen-bond acceptors (Lipinski definition) is 3. The van der Waals surface area contributed by atoms with E-state index < -0.39 is 0 Å². The second-order valence-corrected chi connectivity index (χ2v) is 6.04. The van der Waals surface area contributed by atoms with Crippen molar-refractivity contribution in [2.75, 3.05) is 46.8 Å². The molecule has 21 heavy (non-hydrogen) atoms. The zero-order valence-electron chi connectivity index (χ0n) is 14.7. The lowest BCUT2D eigenvalue weighted by atomic mass is 10.2. The van der Waals surface area contributed by atoms with E-state index in [0.29, 0.717) is 12.1 Å². The molecule has 1 heterocycles. The van der Waals surface area contributed by atoms with E-state index in [9.17, 15) is 0 Å². The molecule has 0 bridgehead atoms. The zero-order chi connectivity index (χ0) is 15.7. The van der Waals surface area contributed by atoms with E-state index >= 15 is 0 Å². The summed E-state index contributed by atoms with van der Waals surface area (Å²) < 4.78 is 0. The molecule has 2 N–H and O–H groups in total. The van der Waals surface area contributed by atoms with Crippen molar-refractivity contribution < 1.29 is 0 Å². The minimum absolute atomic E-state index is 0.637. The molecule has 5 heteroatoms. The van der Waals surface area contributed by atoms with Gasteiger partial charge in [0.05, 0.1) is 0 Å². The Morgan fingerprint density at radius 1 is 1.38 bits per heavy atom. The van der Waals surface area contributed by atoms with E-state index in [2.05, 4.69) is 53.2 Å². The Hall–Kier alpha value is -0.810. The van der Waals surface area contributed by atoms with Crippen molar-refractivity contribution in [3.05, 3.63) is 0 Å². The first-order valence-electron chi connectivity index (χ1n) is 8.51. The maximum absolute atomic E-state index is 4.32. The van der Waals surface area contributed by atoms with Gasteiger partial charge in [-0.25, -0.2) is 0 Å². The maximum atomic E-state index is 4.32. The van der Waals surface area contributed by atoms with Crippen LogP contribution in [0.5, 0.6) is 0 Å². The second kappa shape index (κ2) is 10.0. The van der Waals surface area contributed by atoms with Crippen LogP contribution >= 0.6 is 0 Å². The zero-order valence-corrected chi connectivity index (χ0v) is 14.7. The van der Waals surface area contributed by atoms with Crippen LogP contribution in [-0.4, -0.2) is 74.7 Å². The predicted octanol–water partition coefficient (Wildman–Crippen LogP) is 1.37. The molecule has 1 rings (SSSR count). The van der Waals surface area contributed by atoms with Crippen LogP contribution in [-0.2, 0) is 0 Å². The van der Waals surface area contributed by atoms with E-state index in [1.165, 1.54) is 25.8 Å². The normalized spacial score (nSPS) is 21.8. The molecular formula is C16H35N5. The Morgan fingerprint density at radius 2 is 2.14 bits per heavy atom. The van der Waals surface area contributed by atoms with Crippen LogP contribution in [0.2, 0.25) is 0 Å². The molecule has 2 atom stereocenters. The molecule has 1 saturated heterocycles. The first kappa shape index (κ1) is 18.2. The molecule has 0 amide bonds. The lowest BCUT2D eigenvalue weighted by Crippen LogP contribution is -2.46. The average molecular weight is 297 g/mol. The van der Waals surface area contributed by atoms with Crippen molar-refractivity contribution in [3.8, 4) is 0 Å². The number of rotatable bonds is 8. The van der Waals surface area contributed by atoms with Gasteiger partial charge in [-0.3, -0.25) is 9.89 Å². The van der Waals surface area contributed by atoms with Gasteiger partial charge in [-0.2, -0.15) is 0 Å². The van der Waals surface area contributed by atoms with E-state index in [1.54, 1.807) is 0 Å². The third-order valence-electron chi connectivity index (χ3n) is 4.73. The highest BCUT2D eigenvalue weighted by Gasteiger charge is 2.22. The Kier molecular flexibility index (Phi) is 8.69. The first-order chi connectivity index (χ1) is 10.1. The van der Waals surface area contributed by atoms with Gasteiger partial charge < -0.3 is 15.5 Å². The Bertz CT molecular complexity index is 305. The van der Waals surface area contributed by atoms with Gasteiger partial charge >= 0.3 is 0 Å². The fourth-order valence-electron chi connectivity index (χ4n) is 2.86. The van der Waals surface area contributed by atoms with Crippen molar-refractivity contribution in [2.24, 2.45) is 4.99 Å². The van der Waals surface area contributed by atoms with E-state index in [0.717, 1.165) is 32.1 Å². The summed E-state index contributed by atoms with van der Waals surface area (Å²) in [5.74, 6) is 0.926. The van der Waals surface area contributed by atoms with Crippen LogP contribution < -0.4 is 10.6 Å². The molecule has 124 valence electrons. The van der Waals surface area contributed by atoms with Gasteiger partial charge in [0.1, 0.15) is 0 Å². The molecule has 5 nitrogen and oxygen atoms in total. The highest BCUT2D eigenvalue weighted by Crippen LogP contribution is 2.15. The van der Waals surface area contributed by atoms with Crippen LogP contribution in [0.15, 0.2) is 4.99 Å². The first-order valence-corrected chi connectivity index (χ1v) is 8.51. The van der Waals surface area contributed by atoms with Crippen molar-refractivity contribution in [1.82, 2.24) is 20.4 Å². The molecule has 0 aromatic rings. The molecule has 0 radical (unpaired) electrons. The van der Waals surface area contributed by atoms with Crippen molar-refractivity contribution >= 4 is 5.96 Å². The van der Waals surface area contributed by atoms with Gasteiger partial charge in [0, 0.05) is 38.8 Å². The molecule has 0 saturated carbocycles. The van der Waals surface area contributed by atoms with Crippen LogP contribution in [0.3, 0.4) is 0 Å². The quantitative estimate of drug-likeness (QED) is 0.524. The van der Waals surface area contributed by atoms with Crippen molar-refractivity contribution in [1.29, 1.82) is 0 Å². The van der Waals surface area contributed by atoms with Gasteiger partial charge in [0.25, 0.3) is 0 Å². The summed E-state index contributed by atoms with van der Waals surface area (Å²) in [6, 6.07) is 1.30. The lowest BCUT2D eigenvalue weighted by molar-refractivity contribution is 0.255. The molecule has 0 aliphatic carbocycles. The highest BCUT2D eigenvalue weighted by molar-refractivity contribution is 5.79. The Labute approximate surface area is 131 Å². The van der Waals surface area contributed by atoms with Gasteiger partial charge in [0.2, 0.25) is 0 Å². The summed E-state index contributed by atoms with van der Waals surface area (Å²) in [6.07, 6.45) is 3.82. The van der Waals surface area contributed by atoms with Gasteiger partial charge in [-0.1, -0.05) is 13.8 Å². The Balaban J connectivity index is 2.23. The van der Waals surface area contributed by atoms with Crippen LogP contribution in [0.4, 0.5) is 0 Å². The number of nitrogens with zero attached hydrogens (tertiary/aromatic N) is 3. The number of guanidine groups is 1. The molecule has 0 spiro atoms. The summed E-state index contributed by atoms with van der Waals surface area (Å²) in [4.78, 5) is 9.26. The summed E-state index contributed by atoms with van der Waals surface area (Å²) in [5, 5.41) is 6.89. The van der Waals surface area contributed by atoms with Crippen LogP contribution in [0, 0.1) is 0 Å². The monoisotopic (exact) mass is 297 g/mol. The van der Waals surface area contributed by atoms with E-state index in [-0.39, 0.29) is 0 Å². The number of hydrogen-bond donors (Lipinski definition) is 2. The SMILES string of the molecule is CCC(C)N(C)CCNC(=NC)NCC1CCCN1CC. The standard InChI is InChI=1S/C16H35N5/c1-6-14(3)20(5)12-10-18-16(17-4)19-13-15-9-8-11-21(15)7-2/h14-15H,6-13H2,1-5H3,(H2,17,18,19). The molecule has 1 fully saturated rings. The van der Waals surface area contributed by atoms with Gasteiger partial charge in [-0.05, 0) is 46.3 Å². The van der Waals surface area contributed by atoms with Crippen LogP contribution in [0.1, 0.15) is 40.0 Å². The highest BCUT2D eigenvalue weighted by atomic mass is 15.2. The molecule has 1 aliphatic rings. The third-order valence-corrected chi connectivity index (χ3v) is 4.73. The van der Waals surface area contributed by atoms with E-state index in [4.69, 9.17) is 0 Å². The minimum atomic E-state index is 0.637. The number of nitrogens with one attached hydrogen (secondary N) is 2. The van der Waals surface area contributed by atoms with E-state index in [1.807, 2.05) is 7.05 Å². The fourth-order valence-corrected chi connectivity index (χ4v) is 2.86. The molecular weight excluding hydrogens is 262 g/mol. The smallest absolute Gasteiger partial charge is 0.191 e. The average Bonchev–Trinajstić information content (AvgIpc) is 2.96. The number of likely N-dealkylation sites (tertiary alicyclic amines) is 1. The van der Waals surface area contributed by atoms with Crippen molar-refractivity contribution in [3.63, 3.8) is 0 Å². The molecule has 2 unspecified atom stereocenters. The summed E-state index contributed by atoms with van der Waals surface area (Å²) in [5.41, 5.74) is 0. The predicted molar refractivity (Wildman–Crippen MR) is 92.0 cm³/mol. The largest absolute Gasteiger partial charge is 0.355 e. The number of likely N-dealkylation sites (N-methyl/N-ethyl adjacent to an activating group) is 2. The van der Waals surface area contributed by atoms with Gasteiger partial charge in [-0.15, -0.1) is 0 Å². The number of aliphatic imine (C=N–C) groups is 1. The maximum Gasteiger partial charge on any atom is 0.191 e.